The summed E-state index contributed by atoms with van der Waals surface area (Å²) in [6, 6.07) is -0.141. The molecule has 2 amide bonds. The molecule has 0 aromatic heterocycles. The second-order valence-corrected chi connectivity index (χ2v) is 22.2. The van der Waals surface area contributed by atoms with Crippen LogP contribution in [0.3, 0.4) is 0 Å². The van der Waals surface area contributed by atoms with Crippen LogP contribution in [0, 0.1) is 56.2 Å². The van der Waals surface area contributed by atoms with E-state index in [-0.39, 0.29) is 76.3 Å². The maximum Gasteiger partial charge on any atom is 0.410 e. The van der Waals surface area contributed by atoms with Crippen molar-refractivity contribution in [3.8, 4) is 0 Å². The van der Waals surface area contributed by atoms with Crippen LogP contribution in [-0.4, -0.2) is 70.6 Å². The molecule has 10 nitrogen and oxygen atoms in total. The molecular formula is C46H72N2O8. The molecule has 0 spiro atoms. The molecule has 10 heteroatoms. The number of fused-ring (bicyclic) bond motifs is 6. The fourth-order valence-electron chi connectivity index (χ4n) is 13.6. The minimum Gasteiger partial charge on any atom is -0.481 e. The number of carboxylic acid groups (broad SMARTS) is 1. The first kappa shape index (κ1) is 42.7. The van der Waals surface area contributed by atoms with E-state index in [2.05, 4.69) is 53.8 Å². The first-order valence-corrected chi connectivity index (χ1v) is 21.7. The lowest BCUT2D eigenvalue weighted by atomic mass is 9.34. The largest absolute Gasteiger partial charge is 0.481 e. The van der Waals surface area contributed by atoms with Crippen LogP contribution in [0.15, 0.2) is 11.1 Å². The first-order chi connectivity index (χ1) is 25.7. The molecule has 1 heterocycles. The second-order valence-electron chi connectivity index (χ2n) is 22.2. The van der Waals surface area contributed by atoms with Gasteiger partial charge in [-0.3, -0.25) is 19.2 Å². The maximum absolute atomic E-state index is 14.7. The summed E-state index contributed by atoms with van der Waals surface area (Å²) in [5, 5.41) is 12.9. The van der Waals surface area contributed by atoms with Crippen molar-refractivity contribution in [2.75, 3.05) is 13.1 Å². The van der Waals surface area contributed by atoms with Crippen LogP contribution in [0.4, 0.5) is 4.79 Å². The van der Waals surface area contributed by atoms with Gasteiger partial charge in [0, 0.05) is 30.8 Å². The molecule has 5 aliphatic carbocycles. The van der Waals surface area contributed by atoms with Crippen LogP contribution in [0.25, 0.3) is 0 Å². The van der Waals surface area contributed by atoms with E-state index in [9.17, 15) is 29.1 Å². The third-order valence-electron chi connectivity index (χ3n) is 16.7. The minimum absolute atomic E-state index is 0.00903. The summed E-state index contributed by atoms with van der Waals surface area (Å²) >= 11 is 0. The number of ether oxygens (including phenoxy) is 2. The van der Waals surface area contributed by atoms with Gasteiger partial charge in [-0.15, -0.1) is 0 Å². The molecular weight excluding hydrogens is 709 g/mol. The molecule has 6 rings (SSSR count). The van der Waals surface area contributed by atoms with Crippen molar-refractivity contribution in [1.29, 1.82) is 0 Å². The SMILES string of the molecule is CC(C)C1C(=O)C[C@]2(C(=O)NC[C@H]3CCCN3C(=O)OC(C)(C)C)CC[C@]3(C)C(=C12)CCC1[C@@]2(C)CC[C@H](OC(=O)CC(C)(C)C(=O)O)C(C)(C)C2CC[C@]13C. The first-order valence-electron chi connectivity index (χ1n) is 21.7. The Labute approximate surface area is 336 Å². The number of rotatable bonds is 8. The molecule has 9 atom stereocenters. The highest BCUT2D eigenvalue weighted by atomic mass is 16.6. The smallest absolute Gasteiger partial charge is 0.410 e. The molecule has 5 fully saturated rings. The number of Topliss-reactive ketones (excluding diaryl/α,β-unsaturated/α-hetero) is 1. The predicted octanol–water partition coefficient (Wildman–Crippen LogP) is 8.90. The Morgan fingerprint density at radius 3 is 2.21 bits per heavy atom. The van der Waals surface area contributed by atoms with Gasteiger partial charge in [-0.2, -0.15) is 0 Å². The van der Waals surface area contributed by atoms with E-state index >= 15 is 0 Å². The van der Waals surface area contributed by atoms with E-state index in [1.807, 2.05) is 20.8 Å². The van der Waals surface area contributed by atoms with E-state index in [0.29, 0.717) is 31.3 Å². The molecule has 0 radical (unpaired) electrons. The van der Waals surface area contributed by atoms with Crippen LogP contribution in [0.5, 0.6) is 0 Å². The van der Waals surface area contributed by atoms with Gasteiger partial charge >= 0.3 is 18.0 Å². The number of carboxylic acids is 1. The maximum atomic E-state index is 14.7. The molecule has 0 aromatic rings. The van der Waals surface area contributed by atoms with E-state index in [0.717, 1.165) is 63.4 Å². The Hall–Kier alpha value is -2.91. The highest BCUT2D eigenvalue weighted by Gasteiger charge is 2.70. The Morgan fingerprint density at radius 2 is 1.59 bits per heavy atom. The van der Waals surface area contributed by atoms with Crippen molar-refractivity contribution in [1.82, 2.24) is 10.2 Å². The molecule has 6 aliphatic rings. The number of hydrogen-bond donors (Lipinski definition) is 2. The summed E-state index contributed by atoms with van der Waals surface area (Å²) in [7, 11) is 0. The molecule has 4 saturated carbocycles. The lowest BCUT2D eigenvalue weighted by molar-refractivity contribution is -0.214. The third kappa shape index (κ3) is 6.72. The van der Waals surface area contributed by atoms with Crippen LogP contribution in [0.1, 0.15) is 160 Å². The highest BCUT2D eigenvalue weighted by molar-refractivity contribution is 6.00. The van der Waals surface area contributed by atoms with E-state index in [1.54, 1.807) is 18.7 Å². The molecule has 1 saturated heterocycles. The quantitative estimate of drug-likeness (QED) is 0.184. The number of nitrogens with one attached hydrogen (secondary N) is 1. The minimum atomic E-state index is -1.18. The summed E-state index contributed by atoms with van der Waals surface area (Å²) in [4.78, 5) is 68.6. The molecule has 0 aromatic carbocycles. The molecule has 0 bridgehead atoms. The number of hydrogen-bond acceptors (Lipinski definition) is 7. The summed E-state index contributed by atoms with van der Waals surface area (Å²) in [5.41, 5.74) is -0.652. The Bertz CT molecular complexity index is 1670. The Balaban J connectivity index is 1.27. The van der Waals surface area contributed by atoms with Crippen molar-refractivity contribution < 1.29 is 38.6 Å². The van der Waals surface area contributed by atoms with Crippen LogP contribution >= 0.6 is 0 Å². The fraction of sp³-hybridized carbons (Fsp3) is 0.848. The highest BCUT2D eigenvalue weighted by Crippen LogP contribution is 2.76. The van der Waals surface area contributed by atoms with Gasteiger partial charge in [0.1, 0.15) is 17.5 Å². The number of nitrogens with zero attached hydrogens (tertiary/aromatic N) is 1. The predicted molar refractivity (Wildman–Crippen MR) is 214 cm³/mol. The van der Waals surface area contributed by atoms with Gasteiger partial charge in [-0.05, 0) is 138 Å². The van der Waals surface area contributed by atoms with Gasteiger partial charge in [0.15, 0.2) is 0 Å². The second kappa shape index (κ2) is 14.1. The van der Waals surface area contributed by atoms with Crippen molar-refractivity contribution in [2.45, 2.75) is 178 Å². The summed E-state index contributed by atoms with van der Waals surface area (Å²) in [6.45, 7) is 25.9. The summed E-state index contributed by atoms with van der Waals surface area (Å²) < 4.78 is 11.9. The zero-order valence-electron chi connectivity index (χ0n) is 36.6. The van der Waals surface area contributed by atoms with Crippen molar-refractivity contribution in [3.05, 3.63) is 11.1 Å². The van der Waals surface area contributed by atoms with E-state index < -0.39 is 28.4 Å². The van der Waals surface area contributed by atoms with Crippen molar-refractivity contribution >= 4 is 29.7 Å². The van der Waals surface area contributed by atoms with Gasteiger partial charge in [0.2, 0.25) is 5.91 Å². The van der Waals surface area contributed by atoms with Gasteiger partial charge in [-0.1, -0.05) is 54.0 Å². The van der Waals surface area contributed by atoms with Crippen LogP contribution in [0.2, 0.25) is 0 Å². The number of allylic oxidation sites excluding steroid dienone is 1. The number of esters is 1. The normalized spacial score (nSPS) is 38.0. The van der Waals surface area contributed by atoms with E-state index in [4.69, 9.17) is 9.47 Å². The third-order valence-corrected chi connectivity index (χ3v) is 16.7. The topological polar surface area (TPSA) is 139 Å². The van der Waals surface area contributed by atoms with Gasteiger partial charge in [0.25, 0.3) is 0 Å². The standard InChI is InChI=1S/C46H72N2O8/c1-27(2)35-30(49)24-46(37(51)47-26-28-14-13-23-48(28)39(54)56-40(3,4)5)22-21-44(11)29(36(35)46)15-16-32-43(10)19-18-33(55-34(50)25-41(6,7)38(52)53)42(8,9)31(43)17-20-45(32,44)12/h27-28,31-33,35H,13-26H2,1-12H3,(H,47,51)(H,52,53)/t28-,31?,32?,33+,35?,43+,44-,45-,46-/m1/s1. The van der Waals surface area contributed by atoms with Crippen LogP contribution in [-0.2, 0) is 28.7 Å². The Kier molecular flexibility index (Phi) is 10.8. The molecule has 1 aliphatic heterocycles. The molecule has 56 heavy (non-hydrogen) atoms. The zero-order chi connectivity index (χ0) is 41.6. The number of carbonyl (C=O) groups excluding carboxylic acids is 4. The lowest BCUT2D eigenvalue weighted by Gasteiger charge is -2.70. The van der Waals surface area contributed by atoms with Gasteiger partial charge in [-0.25, -0.2) is 4.79 Å². The lowest BCUT2D eigenvalue weighted by Crippen LogP contribution is -2.64. The molecule has 2 N–H and O–H groups in total. The van der Waals surface area contributed by atoms with Gasteiger partial charge < -0.3 is 24.8 Å². The average Bonchev–Trinajstić information content (AvgIpc) is 3.67. The fourth-order valence-corrected chi connectivity index (χ4v) is 13.6. The number of likely N-dealkylation sites (tertiary alicyclic amines) is 1. The number of aliphatic carboxylic acids is 1. The summed E-state index contributed by atoms with van der Waals surface area (Å²) in [5.74, 6) is -0.769. The number of carbonyl (C=O) groups is 5. The molecule has 314 valence electrons. The summed E-state index contributed by atoms with van der Waals surface area (Å²) in [6.07, 6.45) is 8.19. The Morgan fingerprint density at radius 1 is 0.911 bits per heavy atom. The van der Waals surface area contributed by atoms with Gasteiger partial charge in [0.05, 0.1) is 23.3 Å². The number of ketones is 1. The van der Waals surface area contributed by atoms with E-state index in [1.165, 1.54) is 5.57 Å². The van der Waals surface area contributed by atoms with Crippen molar-refractivity contribution in [3.63, 3.8) is 0 Å². The van der Waals surface area contributed by atoms with Crippen molar-refractivity contribution in [2.24, 2.45) is 56.2 Å². The number of amides is 2. The van der Waals surface area contributed by atoms with Crippen LogP contribution < -0.4 is 5.32 Å². The average molecular weight is 781 g/mol. The molecule has 3 unspecified atom stereocenters. The monoisotopic (exact) mass is 781 g/mol. The zero-order valence-corrected chi connectivity index (χ0v) is 36.6.